The zero-order chi connectivity index (χ0) is 35.6. The molecule has 12 heteroatoms. The van der Waals surface area contributed by atoms with Crippen molar-refractivity contribution in [3.63, 3.8) is 0 Å². The molecule has 3 atom stereocenters. The SMILES string of the molecule is CCCC(CCC)S(=O)(=O)C[C@@H](NC(=O)c1ccncc1)C(=O)N[C@@H](Cc1cc(F)cc(F)c1)[C@H](O)CNC1(c2cccc(CC)c2)CC1. The molecule has 1 fully saturated rings. The predicted octanol–water partition coefficient (Wildman–Crippen LogP) is 4.77. The van der Waals surface area contributed by atoms with Crippen LogP contribution in [0.2, 0.25) is 0 Å². The Hall–Kier alpha value is -3.74. The number of amides is 2. The van der Waals surface area contributed by atoms with Crippen LogP contribution in [0.3, 0.4) is 0 Å². The minimum Gasteiger partial charge on any atom is -0.390 e. The van der Waals surface area contributed by atoms with Crippen molar-refractivity contribution < 1.29 is 31.9 Å². The molecule has 4 N–H and O–H groups in total. The maximum atomic E-state index is 14.2. The molecule has 1 aromatic heterocycles. The fourth-order valence-corrected chi connectivity index (χ4v) is 8.38. The molecule has 1 saturated carbocycles. The summed E-state index contributed by atoms with van der Waals surface area (Å²) >= 11 is 0. The fraction of sp³-hybridized carbons (Fsp3) is 0.486. The van der Waals surface area contributed by atoms with Gasteiger partial charge in [0.1, 0.15) is 17.7 Å². The highest BCUT2D eigenvalue weighted by Gasteiger charge is 2.44. The average Bonchev–Trinajstić information content (AvgIpc) is 3.87. The summed E-state index contributed by atoms with van der Waals surface area (Å²) < 4.78 is 55.7. The number of benzene rings is 2. The first-order valence-corrected chi connectivity index (χ1v) is 18.8. The molecule has 9 nitrogen and oxygen atoms in total. The number of rotatable bonds is 19. The van der Waals surface area contributed by atoms with E-state index in [-0.39, 0.29) is 29.6 Å². The van der Waals surface area contributed by atoms with E-state index in [1.807, 2.05) is 26.0 Å². The number of sulfone groups is 1. The van der Waals surface area contributed by atoms with Crippen molar-refractivity contribution >= 4 is 21.7 Å². The summed E-state index contributed by atoms with van der Waals surface area (Å²) in [5.41, 5.74) is 2.29. The lowest BCUT2D eigenvalue weighted by atomic mass is 9.98. The number of aliphatic hydroxyl groups excluding tert-OH is 1. The maximum Gasteiger partial charge on any atom is 0.252 e. The normalized spacial score (nSPS) is 15.7. The van der Waals surface area contributed by atoms with Gasteiger partial charge in [0.25, 0.3) is 5.91 Å². The Morgan fingerprint density at radius 3 is 2.16 bits per heavy atom. The topological polar surface area (TPSA) is 137 Å². The Kier molecular flexibility index (Phi) is 13.4. The quantitative estimate of drug-likeness (QED) is 0.142. The molecule has 0 aliphatic heterocycles. The molecule has 1 aliphatic rings. The molecule has 3 aromatic rings. The molecule has 0 radical (unpaired) electrons. The summed E-state index contributed by atoms with van der Waals surface area (Å²) in [6.45, 7) is 5.87. The zero-order valence-electron chi connectivity index (χ0n) is 28.4. The summed E-state index contributed by atoms with van der Waals surface area (Å²) in [6, 6.07) is 11.4. The van der Waals surface area contributed by atoms with Crippen molar-refractivity contribution in [2.24, 2.45) is 0 Å². The van der Waals surface area contributed by atoms with Crippen molar-refractivity contribution in [1.82, 2.24) is 20.9 Å². The van der Waals surface area contributed by atoms with Gasteiger partial charge in [-0.1, -0.05) is 57.9 Å². The van der Waals surface area contributed by atoms with E-state index >= 15 is 0 Å². The Morgan fingerprint density at radius 2 is 1.57 bits per heavy atom. The zero-order valence-corrected chi connectivity index (χ0v) is 29.2. The van der Waals surface area contributed by atoms with Gasteiger partial charge in [-0.15, -0.1) is 0 Å². The van der Waals surface area contributed by atoms with Gasteiger partial charge in [-0.2, -0.15) is 0 Å². The lowest BCUT2D eigenvalue weighted by Gasteiger charge is -2.29. The Bertz CT molecular complexity index is 1640. The van der Waals surface area contributed by atoms with E-state index in [4.69, 9.17) is 0 Å². The van der Waals surface area contributed by atoms with Gasteiger partial charge in [0.05, 0.1) is 23.1 Å². The van der Waals surface area contributed by atoms with Crippen LogP contribution >= 0.6 is 0 Å². The van der Waals surface area contributed by atoms with Crippen LogP contribution in [-0.2, 0) is 33.0 Å². The average molecular weight is 699 g/mol. The summed E-state index contributed by atoms with van der Waals surface area (Å²) in [5.74, 6) is -3.79. The number of carbonyl (C=O) groups is 2. The number of hydrogen-bond acceptors (Lipinski definition) is 7. The van der Waals surface area contributed by atoms with E-state index in [2.05, 4.69) is 40.0 Å². The van der Waals surface area contributed by atoms with Crippen molar-refractivity contribution in [3.05, 3.63) is 101 Å². The second kappa shape index (κ2) is 17.3. The molecule has 2 aromatic carbocycles. The van der Waals surface area contributed by atoms with Crippen molar-refractivity contribution in [3.8, 4) is 0 Å². The lowest BCUT2D eigenvalue weighted by molar-refractivity contribution is -0.124. The van der Waals surface area contributed by atoms with Crippen LogP contribution in [-0.4, -0.2) is 66.1 Å². The smallest absolute Gasteiger partial charge is 0.252 e. The number of carbonyl (C=O) groups excluding carboxylic acids is 2. The number of nitrogens with zero attached hydrogens (tertiary/aromatic N) is 1. The van der Waals surface area contributed by atoms with E-state index in [0.29, 0.717) is 25.7 Å². The summed E-state index contributed by atoms with van der Waals surface area (Å²) in [6.07, 6.45) is 6.03. The largest absolute Gasteiger partial charge is 0.390 e. The van der Waals surface area contributed by atoms with Gasteiger partial charge < -0.3 is 21.1 Å². The van der Waals surface area contributed by atoms with Crippen molar-refractivity contribution in [2.75, 3.05) is 12.3 Å². The standard InChI is InChI=1S/C37H48F2N4O5S/c1-4-8-31(9-5-2)49(47,48)24-33(43-35(45)27-12-16-40-17-13-27)36(46)42-32(21-26-19-29(38)22-30(39)20-26)34(44)23-41-37(14-15-37)28-11-7-10-25(6-3)18-28/h7,10-13,16-20,22,31-34,41,44H,4-6,8-9,14-15,21,23-24H2,1-3H3,(H,42,46)(H,43,45)/t32-,33+,34+/m0/s1. The third-order valence-corrected chi connectivity index (χ3v) is 11.4. The third-order valence-electron chi connectivity index (χ3n) is 9.15. The Morgan fingerprint density at radius 1 is 0.918 bits per heavy atom. The van der Waals surface area contributed by atoms with Gasteiger partial charge in [-0.25, -0.2) is 17.2 Å². The van der Waals surface area contributed by atoms with Gasteiger partial charge in [0, 0.05) is 36.1 Å². The van der Waals surface area contributed by atoms with Gasteiger partial charge in [-0.3, -0.25) is 14.6 Å². The first kappa shape index (κ1) is 38.1. The van der Waals surface area contributed by atoms with Crippen LogP contribution in [0.25, 0.3) is 0 Å². The van der Waals surface area contributed by atoms with Crippen LogP contribution in [0, 0.1) is 11.6 Å². The molecule has 0 spiro atoms. The van der Waals surface area contributed by atoms with Gasteiger partial charge in [-0.05, 0) is 79.5 Å². The number of halogens is 2. The summed E-state index contributed by atoms with van der Waals surface area (Å²) in [5, 5.41) is 19.6. The lowest BCUT2D eigenvalue weighted by Crippen LogP contribution is -2.57. The highest BCUT2D eigenvalue weighted by Crippen LogP contribution is 2.45. The molecule has 0 unspecified atom stereocenters. The molecule has 0 bridgehead atoms. The van der Waals surface area contributed by atoms with Crippen molar-refractivity contribution in [2.45, 2.75) is 101 Å². The number of aliphatic hydroxyl groups is 1. The predicted molar refractivity (Wildman–Crippen MR) is 186 cm³/mol. The van der Waals surface area contributed by atoms with Crippen LogP contribution in [0.1, 0.15) is 86.3 Å². The second-order valence-corrected chi connectivity index (χ2v) is 15.3. The third kappa shape index (κ3) is 10.6. The van der Waals surface area contributed by atoms with Gasteiger partial charge in [0.15, 0.2) is 9.84 Å². The summed E-state index contributed by atoms with van der Waals surface area (Å²) in [7, 11) is -3.86. The number of aryl methyl sites for hydroxylation is 1. The number of nitrogens with one attached hydrogen (secondary N) is 3. The molecule has 0 saturated heterocycles. The van der Waals surface area contributed by atoms with Gasteiger partial charge in [0.2, 0.25) is 5.91 Å². The first-order valence-electron chi connectivity index (χ1n) is 17.1. The molecule has 49 heavy (non-hydrogen) atoms. The van der Waals surface area contributed by atoms with Crippen molar-refractivity contribution in [1.29, 1.82) is 0 Å². The monoisotopic (exact) mass is 698 g/mol. The number of hydrogen-bond donors (Lipinski definition) is 4. The van der Waals surface area contributed by atoms with E-state index in [9.17, 15) is 31.9 Å². The van der Waals surface area contributed by atoms with Crippen LogP contribution in [0.4, 0.5) is 8.78 Å². The van der Waals surface area contributed by atoms with E-state index < -0.39 is 62.5 Å². The van der Waals surface area contributed by atoms with Gasteiger partial charge >= 0.3 is 0 Å². The molecule has 1 aliphatic carbocycles. The number of pyridine rings is 1. The fourth-order valence-electron chi connectivity index (χ4n) is 6.22. The maximum absolute atomic E-state index is 14.2. The highest BCUT2D eigenvalue weighted by atomic mass is 32.2. The van der Waals surface area contributed by atoms with Crippen LogP contribution in [0.15, 0.2) is 67.0 Å². The van der Waals surface area contributed by atoms with E-state index in [1.54, 1.807) is 0 Å². The highest BCUT2D eigenvalue weighted by molar-refractivity contribution is 7.92. The molecule has 2 amide bonds. The summed E-state index contributed by atoms with van der Waals surface area (Å²) in [4.78, 5) is 31.1. The minimum atomic E-state index is -3.86. The molecular weight excluding hydrogens is 650 g/mol. The van der Waals surface area contributed by atoms with E-state index in [1.165, 1.54) is 30.1 Å². The number of aromatic nitrogens is 1. The minimum absolute atomic E-state index is 0.0283. The van der Waals surface area contributed by atoms with E-state index in [0.717, 1.165) is 43.0 Å². The second-order valence-electron chi connectivity index (χ2n) is 13.0. The Labute approximate surface area is 288 Å². The molecule has 1 heterocycles. The Balaban J connectivity index is 1.60. The molecule has 4 rings (SSSR count). The molecular formula is C37H48F2N4O5S. The molecule has 266 valence electrons. The van der Waals surface area contributed by atoms with Crippen LogP contribution in [0.5, 0.6) is 0 Å². The van der Waals surface area contributed by atoms with Crippen LogP contribution < -0.4 is 16.0 Å². The first-order chi connectivity index (χ1) is 23.4.